The van der Waals surface area contributed by atoms with E-state index in [1.807, 2.05) is 0 Å². The highest BCUT2D eigenvalue weighted by Gasteiger charge is 2.17. The third kappa shape index (κ3) is 4.21. The molecule has 7 nitrogen and oxygen atoms in total. The van der Waals surface area contributed by atoms with Crippen LogP contribution in [0.3, 0.4) is 0 Å². The van der Waals surface area contributed by atoms with Crippen LogP contribution in [0, 0.1) is 0 Å². The number of carbonyl (C=O) groups excluding carboxylic acids is 1. The van der Waals surface area contributed by atoms with Crippen LogP contribution < -0.4 is 16.0 Å². The molecule has 140 valence electrons. The second kappa shape index (κ2) is 7.96. The molecule has 0 saturated carbocycles. The predicted molar refractivity (Wildman–Crippen MR) is 102 cm³/mol. The zero-order valence-corrected chi connectivity index (χ0v) is 15.4. The van der Waals surface area contributed by atoms with Crippen molar-refractivity contribution in [2.75, 3.05) is 6.61 Å². The smallest absolute Gasteiger partial charge is 0.274 e. The van der Waals surface area contributed by atoms with Gasteiger partial charge in [0, 0.05) is 10.4 Å². The third-order valence-electron chi connectivity index (χ3n) is 3.81. The summed E-state index contributed by atoms with van der Waals surface area (Å²) >= 11 is 11.8. The lowest BCUT2D eigenvalue weighted by Crippen LogP contribution is -2.34. The summed E-state index contributed by atoms with van der Waals surface area (Å²) in [4.78, 5) is 24.2. The van der Waals surface area contributed by atoms with Gasteiger partial charge in [-0.05, 0) is 24.3 Å². The molecule has 0 aliphatic carbocycles. The lowest BCUT2D eigenvalue weighted by Gasteiger charge is -2.15. The lowest BCUT2D eigenvalue weighted by atomic mass is 10.1. The maximum Gasteiger partial charge on any atom is 0.274 e. The highest BCUT2D eigenvalue weighted by atomic mass is 35.5. The van der Waals surface area contributed by atoms with Gasteiger partial charge in [0.05, 0.1) is 17.0 Å². The number of amides is 1. The molecule has 0 unspecified atom stereocenters. The van der Waals surface area contributed by atoms with Crippen molar-refractivity contribution in [1.29, 1.82) is 0 Å². The molecule has 3 rings (SSSR count). The number of aromatic nitrogens is 2. The van der Waals surface area contributed by atoms with E-state index in [-0.39, 0.29) is 24.2 Å². The second-order valence-corrected chi connectivity index (χ2v) is 6.63. The average molecular weight is 408 g/mol. The first-order valence-corrected chi connectivity index (χ1v) is 8.68. The average Bonchev–Trinajstić information content (AvgIpc) is 2.63. The Morgan fingerprint density at radius 3 is 2.59 bits per heavy atom. The molecule has 0 radical (unpaired) electrons. The van der Waals surface area contributed by atoms with E-state index in [1.165, 1.54) is 6.07 Å². The fraction of sp³-hybridized carbons (Fsp3) is 0.167. The summed E-state index contributed by atoms with van der Waals surface area (Å²) in [7, 11) is 0. The van der Waals surface area contributed by atoms with Gasteiger partial charge >= 0.3 is 0 Å². The van der Waals surface area contributed by atoms with Gasteiger partial charge in [-0.1, -0.05) is 41.4 Å². The number of benzene rings is 2. The molecule has 3 N–H and O–H groups in total. The highest BCUT2D eigenvalue weighted by molar-refractivity contribution is 6.35. The Labute approximate surface area is 163 Å². The second-order valence-electron chi connectivity index (χ2n) is 5.79. The quantitative estimate of drug-likeness (QED) is 0.651. The van der Waals surface area contributed by atoms with Gasteiger partial charge in [-0.25, -0.2) is 4.68 Å². The van der Waals surface area contributed by atoms with Gasteiger partial charge in [0.25, 0.3) is 11.5 Å². The molecule has 2 aromatic carbocycles. The van der Waals surface area contributed by atoms with Gasteiger partial charge in [0.15, 0.2) is 5.69 Å². The molecule has 0 fully saturated rings. The summed E-state index contributed by atoms with van der Waals surface area (Å²) in [5.74, 6) is -0.421. The molecule has 0 aliphatic rings. The number of hydrogen-bond acceptors (Lipinski definition) is 5. The van der Waals surface area contributed by atoms with E-state index in [9.17, 15) is 14.7 Å². The third-order valence-corrected chi connectivity index (χ3v) is 4.34. The molecule has 0 bridgehead atoms. The summed E-state index contributed by atoms with van der Waals surface area (Å²) in [5.41, 5.74) is 4.88. The molecule has 1 amide bonds. The Morgan fingerprint density at radius 2 is 1.93 bits per heavy atom. The van der Waals surface area contributed by atoms with E-state index in [2.05, 4.69) is 5.10 Å². The van der Waals surface area contributed by atoms with Crippen LogP contribution in [0.25, 0.3) is 10.8 Å². The van der Waals surface area contributed by atoms with Gasteiger partial charge in [-0.2, -0.15) is 5.10 Å². The number of halogens is 2. The van der Waals surface area contributed by atoms with Crippen LogP contribution in [0.4, 0.5) is 0 Å². The molecule has 0 saturated heterocycles. The van der Waals surface area contributed by atoms with E-state index in [1.54, 1.807) is 36.4 Å². The highest BCUT2D eigenvalue weighted by Crippen LogP contribution is 2.27. The SMILES string of the molecule is NC(=O)c1nn(C[C@@H](O)COc2ccc(Cl)cc2Cl)c(=O)c2ccccc12. The number of rotatable bonds is 6. The summed E-state index contributed by atoms with van der Waals surface area (Å²) in [6, 6.07) is 11.2. The summed E-state index contributed by atoms with van der Waals surface area (Å²) in [6.07, 6.45) is -1.08. The first-order valence-electron chi connectivity index (χ1n) is 7.92. The Hall–Kier alpha value is -2.61. The van der Waals surface area contributed by atoms with Gasteiger partial charge in [0.2, 0.25) is 0 Å². The standard InChI is InChI=1S/C18H15Cl2N3O4/c19-10-5-6-15(14(20)7-10)27-9-11(24)8-23-18(26)13-4-2-1-3-12(13)16(22-23)17(21)25/h1-7,11,24H,8-9H2,(H2,21,25)/t11-/m1/s1. The number of hydrogen-bond donors (Lipinski definition) is 2. The van der Waals surface area contributed by atoms with Gasteiger partial charge in [-0.15, -0.1) is 0 Å². The Balaban J connectivity index is 1.82. The number of aliphatic hydroxyl groups is 1. The lowest BCUT2D eigenvalue weighted by molar-refractivity contribution is 0.0871. The van der Waals surface area contributed by atoms with Crippen LogP contribution in [0.2, 0.25) is 10.0 Å². The number of nitrogens with two attached hydrogens (primary N) is 1. The van der Waals surface area contributed by atoms with Crippen molar-refractivity contribution >= 4 is 39.9 Å². The van der Waals surface area contributed by atoms with Gasteiger partial charge in [-0.3, -0.25) is 9.59 Å². The molecule has 1 atom stereocenters. The van der Waals surface area contributed by atoms with Crippen molar-refractivity contribution in [3.8, 4) is 5.75 Å². The summed E-state index contributed by atoms with van der Waals surface area (Å²) in [5, 5.41) is 15.6. The van der Waals surface area contributed by atoms with Crippen LogP contribution in [-0.4, -0.2) is 33.5 Å². The summed E-state index contributed by atoms with van der Waals surface area (Å²) < 4.78 is 6.46. The molecule has 3 aromatic rings. The van der Waals surface area contributed by atoms with Crippen LogP contribution in [0.5, 0.6) is 5.75 Å². The van der Waals surface area contributed by atoms with Crippen molar-refractivity contribution < 1.29 is 14.6 Å². The van der Waals surface area contributed by atoms with E-state index in [0.29, 0.717) is 21.2 Å². The van der Waals surface area contributed by atoms with E-state index < -0.39 is 17.6 Å². The molecule has 0 spiro atoms. The molecule has 9 heteroatoms. The molecule has 1 heterocycles. The number of carbonyl (C=O) groups is 1. The van der Waals surface area contributed by atoms with E-state index in [0.717, 1.165) is 4.68 Å². The number of fused-ring (bicyclic) bond motifs is 1. The van der Waals surface area contributed by atoms with Gasteiger partial charge in [0.1, 0.15) is 18.5 Å². The number of aliphatic hydroxyl groups excluding tert-OH is 1. The minimum absolute atomic E-state index is 0.0425. The summed E-state index contributed by atoms with van der Waals surface area (Å²) in [6.45, 7) is -0.330. The monoisotopic (exact) mass is 407 g/mol. The van der Waals surface area contributed by atoms with E-state index >= 15 is 0 Å². The number of ether oxygens (including phenoxy) is 1. The van der Waals surface area contributed by atoms with Gasteiger partial charge < -0.3 is 15.6 Å². The molecular formula is C18H15Cl2N3O4. The number of primary amides is 1. The van der Waals surface area contributed by atoms with Crippen molar-refractivity contribution in [2.24, 2.45) is 5.73 Å². The first-order chi connectivity index (χ1) is 12.9. The van der Waals surface area contributed by atoms with Crippen molar-refractivity contribution in [1.82, 2.24) is 9.78 Å². The molecule has 1 aromatic heterocycles. The normalized spacial score (nSPS) is 12.1. The predicted octanol–water partition coefficient (Wildman–Crippen LogP) is 2.24. The topological polar surface area (TPSA) is 107 Å². The van der Waals surface area contributed by atoms with E-state index in [4.69, 9.17) is 33.7 Å². The Morgan fingerprint density at radius 1 is 1.22 bits per heavy atom. The van der Waals surface area contributed by atoms with Crippen molar-refractivity contribution in [3.63, 3.8) is 0 Å². The number of nitrogens with zero attached hydrogens (tertiary/aromatic N) is 2. The van der Waals surface area contributed by atoms with Crippen LogP contribution in [0.15, 0.2) is 47.3 Å². The molecule has 0 aliphatic heterocycles. The zero-order chi connectivity index (χ0) is 19.6. The van der Waals surface area contributed by atoms with Crippen LogP contribution in [-0.2, 0) is 6.54 Å². The maximum atomic E-state index is 12.6. The van der Waals surface area contributed by atoms with Crippen molar-refractivity contribution in [3.05, 3.63) is 68.6 Å². The van der Waals surface area contributed by atoms with Crippen molar-refractivity contribution in [2.45, 2.75) is 12.6 Å². The molecular weight excluding hydrogens is 393 g/mol. The fourth-order valence-electron chi connectivity index (χ4n) is 2.57. The van der Waals surface area contributed by atoms with Crippen LogP contribution >= 0.6 is 23.2 Å². The minimum Gasteiger partial charge on any atom is -0.489 e. The Kier molecular flexibility index (Phi) is 5.65. The largest absolute Gasteiger partial charge is 0.489 e. The van der Waals surface area contributed by atoms with Crippen LogP contribution in [0.1, 0.15) is 10.5 Å². The Bertz CT molecular complexity index is 1070. The minimum atomic E-state index is -1.08. The maximum absolute atomic E-state index is 12.6. The fourth-order valence-corrected chi connectivity index (χ4v) is 3.03. The zero-order valence-electron chi connectivity index (χ0n) is 13.9. The first kappa shape index (κ1) is 19.2. The molecule has 27 heavy (non-hydrogen) atoms.